The molecule has 3 heterocycles. The summed E-state index contributed by atoms with van der Waals surface area (Å²) in [7, 11) is 1.94. The van der Waals surface area contributed by atoms with Crippen molar-refractivity contribution in [3.63, 3.8) is 0 Å². The molecule has 1 aliphatic heterocycles. The van der Waals surface area contributed by atoms with Gasteiger partial charge in [0.05, 0.1) is 35.3 Å². The molecule has 1 unspecified atom stereocenters. The molecule has 178 valence electrons. The van der Waals surface area contributed by atoms with Crippen molar-refractivity contribution in [2.24, 2.45) is 7.05 Å². The standard InChI is InChI=1S/C22H24N6O.C6H6/c1-15-9-21(28(2)27-15)18-10-20-22(26-12-18)29-19(14-25-20)13-24-8-7-16-3-5-17(11-23)6-4-16;1-2-4-6-5-3-1/h3-6,9-10,12,19,24-25H,7-8,13-14H2,1-2H3;1-6H. The highest BCUT2D eigenvalue weighted by atomic mass is 16.5. The second-order valence-electron chi connectivity index (χ2n) is 8.41. The lowest BCUT2D eigenvalue weighted by Gasteiger charge is -2.27. The van der Waals surface area contributed by atoms with Gasteiger partial charge in [0.25, 0.3) is 0 Å². The van der Waals surface area contributed by atoms with Crippen LogP contribution in [0, 0.1) is 18.3 Å². The number of rotatable bonds is 6. The maximum Gasteiger partial charge on any atom is 0.237 e. The normalized spacial score (nSPS) is 13.9. The second kappa shape index (κ2) is 11.8. The molecule has 1 atom stereocenters. The number of pyridine rings is 1. The van der Waals surface area contributed by atoms with E-state index in [0.29, 0.717) is 11.4 Å². The Kier molecular flexibility index (Phi) is 8.10. The quantitative estimate of drug-likeness (QED) is 0.411. The van der Waals surface area contributed by atoms with Gasteiger partial charge >= 0.3 is 0 Å². The predicted molar refractivity (Wildman–Crippen MR) is 138 cm³/mol. The number of aromatic nitrogens is 3. The van der Waals surface area contributed by atoms with E-state index in [9.17, 15) is 0 Å². The Hall–Kier alpha value is -4.15. The highest BCUT2D eigenvalue weighted by Gasteiger charge is 2.21. The first kappa shape index (κ1) is 24.0. The Balaban J connectivity index is 0.000000421. The highest BCUT2D eigenvalue weighted by Crippen LogP contribution is 2.31. The van der Waals surface area contributed by atoms with Gasteiger partial charge in [0.1, 0.15) is 6.10 Å². The number of benzene rings is 2. The van der Waals surface area contributed by atoms with Crippen molar-refractivity contribution in [2.45, 2.75) is 19.4 Å². The molecule has 0 bridgehead atoms. The van der Waals surface area contributed by atoms with Gasteiger partial charge in [-0.2, -0.15) is 10.4 Å². The Morgan fingerprint density at radius 1 is 1.11 bits per heavy atom. The molecule has 4 aromatic rings. The van der Waals surface area contributed by atoms with E-state index in [0.717, 1.165) is 48.7 Å². The molecule has 0 aliphatic carbocycles. The molecule has 5 rings (SSSR count). The van der Waals surface area contributed by atoms with Crippen LogP contribution in [0.1, 0.15) is 16.8 Å². The lowest BCUT2D eigenvalue weighted by Crippen LogP contribution is -2.40. The number of anilines is 1. The van der Waals surface area contributed by atoms with E-state index in [1.54, 1.807) is 0 Å². The van der Waals surface area contributed by atoms with Crippen LogP contribution >= 0.6 is 0 Å². The summed E-state index contributed by atoms with van der Waals surface area (Å²) < 4.78 is 7.91. The summed E-state index contributed by atoms with van der Waals surface area (Å²) in [6, 6.07) is 26.0. The van der Waals surface area contributed by atoms with Crippen molar-refractivity contribution in [1.29, 1.82) is 5.26 Å². The van der Waals surface area contributed by atoms with E-state index in [1.807, 2.05) is 91.6 Å². The Morgan fingerprint density at radius 2 is 1.83 bits per heavy atom. The van der Waals surface area contributed by atoms with Gasteiger partial charge in [0.15, 0.2) is 0 Å². The maximum atomic E-state index is 8.85. The number of hydrogen-bond acceptors (Lipinski definition) is 6. The van der Waals surface area contributed by atoms with Crippen LogP contribution in [0.2, 0.25) is 0 Å². The van der Waals surface area contributed by atoms with E-state index >= 15 is 0 Å². The lowest BCUT2D eigenvalue weighted by molar-refractivity contribution is 0.194. The summed E-state index contributed by atoms with van der Waals surface area (Å²) in [5.41, 5.74) is 5.85. The number of nitrogens with one attached hydrogen (secondary N) is 2. The summed E-state index contributed by atoms with van der Waals surface area (Å²) >= 11 is 0. The van der Waals surface area contributed by atoms with Crippen molar-refractivity contribution < 1.29 is 4.74 Å². The van der Waals surface area contributed by atoms with Gasteiger partial charge in [-0.1, -0.05) is 48.5 Å². The number of hydrogen-bond donors (Lipinski definition) is 2. The minimum absolute atomic E-state index is 0.0285. The molecule has 0 radical (unpaired) electrons. The lowest BCUT2D eigenvalue weighted by atomic mass is 10.1. The zero-order valence-electron chi connectivity index (χ0n) is 20.1. The minimum Gasteiger partial charge on any atom is -0.470 e. The molecule has 35 heavy (non-hydrogen) atoms. The van der Waals surface area contributed by atoms with Crippen molar-refractivity contribution >= 4 is 5.69 Å². The van der Waals surface area contributed by atoms with E-state index in [2.05, 4.69) is 32.9 Å². The van der Waals surface area contributed by atoms with Crippen LogP contribution < -0.4 is 15.4 Å². The average molecular weight is 467 g/mol. The van der Waals surface area contributed by atoms with E-state index < -0.39 is 0 Å². The zero-order chi connectivity index (χ0) is 24.5. The summed E-state index contributed by atoms with van der Waals surface area (Å²) in [5, 5.41) is 20.1. The summed E-state index contributed by atoms with van der Waals surface area (Å²) in [4.78, 5) is 4.51. The average Bonchev–Trinajstić information content (AvgIpc) is 3.25. The largest absolute Gasteiger partial charge is 0.470 e. The van der Waals surface area contributed by atoms with Gasteiger partial charge in [0.2, 0.25) is 5.88 Å². The summed E-state index contributed by atoms with van der Waals surface area (Å²) in [6.45, 7) is 4.31. The maximum absolute atomic E-state index is 8.85. The Morgan fingerprint density at radius 3 is 2.46 bits per heavy atom. The fourth-order valence-corrected chi connectivity index (χ4v) is 3.86. The van der Waals surface area contributed by atoms with Gasteiger partial charge in [-0.05, 0) is 49.7 Å². The van der Waals surface area contributed by atoms with Gasteiger partial charge in [-0.15, -0.1) is 0 Å². The number of fused-ring (bicyclic) bond motifs is 1. The molecule has 2 aromatic heterocycles. The van der Waals surface area contributed by atoms with Gasteiger partial charge in [-0.25, -0.2) is 4.98 Å². The van der Waals surface area contributed by atoms with Crippen LogP contribution in [0.5, 0.6) is 5.88 Å². The van der Waals surface area contributed by atoms with Crippen molar-refractivity contribution in [2.75, 3.05) is 25.0 Å². The predicted octanol–water partition coefficient (Wildman–Crippen LogP) is 4.35. The highest BCUT2D eigenvalue weighted by molar-refractivity contribution is 5.68. The van der Waals surface area contributed by atoms with Crippen LogP contribution in [-0.4, -0.2) is 40.5 Å². The third-order valence-electron chi connectivity index (χ3n) is 5.66. The molecule has 0 saturated carbocycles. The Bertz CT molecular complexity index is 1230. The first-order valence-electron chi connectivity index (χ1n) is 11.7. The van der Waals surface area contributed by atoms with Crippen LogP contribution in [0.4, 0.5) is 5.69 Å². The molecular formula is C28H30N6O. The van der Waals surface area contributed by atoms with Crippen LogP contribution in [0.25, 0.3) is 11.3 Å². The summed E-state index contributed by atoms with van der Waals surface area (Å²) in [6.07, 6.45) is 2.77. The first-order chi connectivity index (χ1) is 17.1. The number of nitrogens with zero attached hydrogens (tertiary/aromatic N) is 4. The number of nitriles is 1. The minimum atomic E-state index is 0.0285. The smallest absolute Gasteiger partial charge is 0.237 e. The van der Waals surface area contributed by atoms with E-state index in [4.69, 9.17) is 10.00 Å². The molecule has 2 aromatic carbocycles. The van der Waals surface area contributed by atoms with E-state index in [-0.39, 0.29) is 6.10 Å². The van der Waals surface area contributed by atoms with Gasteiger partial charge in [0, 0.05) is 25.4 Å². The fraction of sp³-hybridized carbons (Fsp3) is 0.250. The van der Waals surface area contributed by atoms with Crippen LogP contribution in [0.15, 0.2) is 79.0 Å². The second-order valence-corrected chi connectivity index (χ2v) is 8.41. The number of ether oxygens (including phenoxy) is 1. The topological polar surface area (TPSA) is 87.8 Å². The molecule has 0 amide bonds. The van der Waals surface area contributed by atoms with Crippen LogP contribution in [0.3, 0.4) is 0 Å². The first-order valence-corrected chi connectivity index (χ1v) is 11.7. The molecular weight excluding hydrogens is 436 g/mol. The molecule has 0 fully saturated rings. The molecule has 7 heteroatoms. The third-order valence-corrected chi connectivity index (χ3v) is 5.66. The summed E-state index contributed by atoms with van der Waals surface area (Å²) in [5.74, 6) is 0.637. The molecule has 0 spiro atoms. The molecule has 1 aliphatic rings. The van der Waals surface area contributed by atoms with Crippen LogP contribution in [-0.2, 0) is 13.5 Å². The number of aryl methyl sites for hydroxylation is 2. The zero-order valence-corrected chi connectivity index (χ0v) is 20.1. The van der Waals surface area contributed by atoms with Crippen molar-refractivity contribution in [1.82, 2.24) is 20.1 Å². The van der Waals surface area contributed by atoms with E-state index in [1.165, 1.54) is 5.56 Å². The van der Waals surface area contributed by atoms with Gasteiger partial charge in [-0.3, -0.25) is 4.68 Å². The monoisotopic (exact) mass is 466 g/mol. The molecule has 2 N–H and O–H groups in total. The third kappa shape index (κ3) is 6.69. The fourth-order valence-electron chi connectivity index (χ4n) is 3.86. The SMILES string of the molecule is Cc1cc(-c2cnc3c(c2)NCC(CNCCc2ccc(C#N)cc2)O3)n(C)n1.c1ccccc1. The molecule has 0 saturated heterocycles. The van der Waals surface area contributed by atoms with Crippen molar-refractivity contribution in [3.8, 4) is 23.2 Å². The molecule has 7 nitrogen and oxygen atoms in total. The van der Waals surface area contributed by atoms with Gasteiger partial charge < -0.3 is 15.4 Å². The van der Waals surface area contributed by atoms with Crippen molar-refractivity contribution in [3.05, 3.63) is 95.8 Å². The Labute approximate surface area is 206 Å².